The molecular weight excluding hydrogens is 392 g/mol. The normalized spacial score (nSPS) is 18.0. The molecule has 3 heterocycles. The van der Waals surface area contributed by atoms with Crippen LogP contribution in [0.3, 0.4) is 0 Å². The van der Waals surface area contributed by atoms with E-state index in [2.05, 4.69) is 5.32 Å². The number of carbonyl (C=O) groups is 1. The van der Waals surface area contributed by atoms with Crippen molar-refractivity contribution in [2.24, 2.45) is 0 Å². The molecular formula is C22H19ClN2O4. The first kappa shape index (κ1) is 17.9. The molecule has 0 saturated carbocycles. The number of nitrogens with zero attached hydrogens (tertiary/aromatic N) is 1. The standard InChI is InChI=1S/C22H19ClN2O4/c23-17-11-14(12-19-20(17)29-10-4-9-28-19)21-24-18-7-2-1-6-16(18)22(26)25(21)13-15-5-3-8-27-15/h1-3,5-8,11-12,21,24H,4,9-10,13H2/t21-/m1/s1. The third-order valence-corrected chi connectivity index (χ3v) is 5.35. The number of nitrogens with one attached hydrogen (secondary N) is 1. The van der Waals surface area contributed by atoms with Crippen LogP contribution in [0.25, 0.3) is 0 Å². The highest BCUT2D eigenvalue weighted by Gasteiger charge is 2.34. The van der Waals surface area contributed by atoms with Crippen LogP contribution in [-0.4, -0.2) is 24.0 Å². The fourth-order valence-corrected chi connectivity index (χ4v) is 3.97. The molecule has 3 aromatic rings. The van der Waals surface area contributed by atoms with E-state index in [0.717, 1.165) is 17.7 Å². The van der Waals surface area contributed by atoms with Gasteiger partial charge in [-0.2, -0.15) is 0 Å². The van der Waals surface area contributed by atoms with Crippen LogP contribution >= 0.6 is 11.6 Å². The Kier molecular flexibility index (Phi) is 4.56. The molecule has 148 valence electrons. The van der Waals surface area contributed by atoms with Crippen LogP contribution < -0.4 is 14.8 Å². The molecule has 2 aliphatic heterocycles. The van der Waals surface area contributed by atoms with Gasteiger partial charge in [-0.25, -0.2) is 0 Å². The number of halogens is 1. The van der Waals surface area contributed by atoms with Gasteiger partial charge in [-0.05, 0) is 36.4 Å². The van der Waals surface area contributed by atoms with E-state index in [1.807, 2.05) is 48.5 Å². The molecule has 1 atom stereocenters. The van der Waals surface area contributed by atoms with E-state index >= 15 is 0 Å². The van der Waals surface area contributed by atoms with Gasteiger partial charge in [0.05, 0.1) is 36.6 Å². The van der Waals surface area contributed by atoms with Gasteiger partial charge in [0.2, 0.25) is 0 Å². The van der Waals surface area contributed by atoms with E-state index in [0.29, 0.717) is 47.6 Å². The maximum absolute atomic E-state index is 13.3. The lowest BCUT2D eigenvalue weighted by Gasteiger charge is -2.38. The van der Waals surface area contributed by atoms with Gasteiger partial charge in [-0.1, -0.05) is 23.7 Å². The van der Waals surface area contributed by atoms with Crippen LogP contribution in [0.15, 0.2) is 59.2 Å². The molecule has 5 rings (SSSR count). The van der Waals surface area contributed by atoms with Crippen molar-refractivity contribution in [2.75, 3.05) is 18.5 Å². The largest absolute Gasteiger partial charge is 0.489 e. The molecule has 1 N–H and O–H groups in total. The number of ether oxygens (including phenoxy) is 2. The van der Waals surface area contributed by atoms with E-state index < -0.39 is 6.17 Å². The van der Waals surface area contributed by atoms with Gasteiger partial charge in [0, 0.05) is 17.7 Å². The molecule has 0 radical (unpaired) electrons. The number of benzene rings is 2. The van der Waals surface area contributed by atoms with Gasteiger partial charge in [0.1, 0.15) is 11.9 Å². The zero-order valence-electron chi connectivity index (χ0n) is 15.6. The highest BCUT2D eigenvalue weighted by Crippen LogP contribution is 2.42. The van der Waals surface area contributed by atoms with Crippen LogP contribution in [0.1, 0.15) is 34.3 Å². The Hall–Kier alpha value is -3.12. The number of anilines is 1. The number of para-hydroxylation sites is 1. The van der Waals surface area contributed by atoms with E-state index in [1.165, 1.54) is 0 Å². The highest BCUT2D eigenvalue weighted by molar-refractivity contribution is 6.32. The van der Waals surface area contributed by atoms with Crippen molar-refractivity contribution in [3.63, 3.8) is 0 Å². The van der Waals surface area contributed by atoms with Gasteiger partial charge >= 0.3 is 0 Å². The Bertz CT molecular complexity index is 1050. The monoisotopic (exact) mass is 410 g/mol. The van der Waals surface area contributed by atoms with Crippen LogP contribution in [0.2, 0.25) is 5.02 Å². The van der Waals surface area contributed by atoms with Gasteiger partial charge in [0.25, 0.3) is 5.91 Å². The van der Waals surface area contributed by atoms with Crippen molar-refractivity contribution in [2.45, 2.75) is 19.1 Å². The first-order chi connectivity index (χ1) is 14.2. The topological polar surface area (TPSA) is 63.9 Å². The quantitative estimate of drug-likeness (QED) is 0.668. The number of fused-ring (bicyclic) bond motifs is 2. The number of hydrogen-bond acceptors (Lipinski definition) is 5. The van der Waals surface area contributed by atoms with Gasteiger partial charge in [-0.3, -0.25) is 4.79 Å². The summed E-state index contributed by atoms with van der Waals surface area (Å²) in [6.07, 6.45) is 1.96. The molecule has 6 nitrogen and oxygen atoms in total. The predicted octanol–water partition coefficient (Wildman–Crippen LogP) is 4.86. The molecule has 0 aliphatic carbocycles. The molecule has 2 aromatic carbocycles. The lowest BCUT2D eigenvalue weighted by Crippen LogP contribution is -2.42. The van der Waals surface area contributed by atoms with Crippen molar-refractivity contribution in [3.05, 3.63) is 76.7 Å². The Morgan fingerprint density at radius 3 is 2.83 bits per heavy atom. The first-order valence-corrected chi connectivity index (χ1v) is 9.86. The summed E-state index contributed by atoms with van der Waals surface area (Å²) in [5, 5.41) is 3.93. The summed E-state index contributed by atoms with van der Waals surface area (Å²) in [6, 6.07) is 14.8. The molecule has 7 heteroatoms. The summed E-state index contributed by atoms with van der Waals surface area (Å²) in [6.45, 7) is 1.44. The third kappa shape index (κ3) is 3.29. The summed E-state index contributed by atoms with van der Waals surface area (Å²) < 4.78 is 17.1. The lowest BCUT2D eigenvalue weighted by atomic mass is 10.0. The average molecular weight is 411 g/mol. The lowest BCUT2D eigenvalue weighted by molar-refractivity contribution is 0.0651. The summed E-state index contributed by atoms with van der Waals surface area (Å²) in [4.78, 5) is 15.0. The second-order valence-electron chi connectivity index (χ2n) is 6.99. The number of rotatable bonds is 3. The second kappa shape index (κ2) is 7.37. The van der Waals surface area contributed by atoms with E-state index in [-0.39, 0.29) is 5.91 Å². The molecule has 1 amide bonds. The predicted molar refractivity (Wildman–Crippen MR) is 108 cm³/mol. The maximum Gasteiger partial charge on any atom is 0.258 e. The molecule has 0 fully saturated rings. The average Bonchev–Trinajstić information content (AvgIpc) is 3.12. The number of carbonyl (C=O) groups excluding carboxylic acids is 1. The molecule has 0 spiro atoms. The number of hydrogen-bond donors (Lipinski definition) is 1. The van der Waals surface area contributed by atoms with E-state index in [1.54, 1.807) is 11.2 Å². The molecule has 1 aromatic heterocycles. The fourth-order valence-electron chi connectivity index (χ4n) is 3.70. The third-order valence-electron chi connectivity index (χ3n) is 5.07. The highest BCUT2D eigenvalue weighted by atomic mass is 35.5. The van der Waals surface area contributed by atoms with Crippen LogP contribution in [0, 0.1) is 0 Å². The van der Waals surface area contributed by atoms with Crippen molar-refractivity contribution in [3.8, 4) is 11.5 Å². The van der Waals surface area contributed by atoms with Gasteiger partial charge < -0.3 is 24.1 Å². The molecule has 2 aliphatic rings. The first-order valence-electron chi connectivity index (χ1n) is 9.48. The van der Waals surface area contributed by atoms with Crippen LogP contribution in [0.5, 0.6) is 11.5 Å². The van der Waals surface area contributed by atoms with Gasteiger partial charge in [-0.15, -0.1) is 0 Å². The van der Waals surface area contributed by atoms with Gasteiger partial charge in [0.15, 0.2) is 11.5 Å². The summed E-state index contributed by atoms with van der Waals surface area (Å²) in [7, 11) is 0. The van der Waals surface area contributed by atoms with Crippen molar-refractivity contribution < 1.29 is 18.7 Å². The van der Waals surface area contributed by atoms with Crippen molar-refractivity contribution >= 4 is 23.2 Å². The number of amides is 1. The van der Waals surface area contributed by atoms with Crippen molar-refractivity contribution in [1.29, 1.82) is 0 Å². The minimum absolute atomic E-state index is 0.0796. The molecule has 0 unspecified atom stereocenters. The SMILES string of the molecule is O=C1c2ccccc2N[C@@H](c2cc(Cl)c3c(c2)OCCCO3)N1Cc1ccco1. The van der Waals surface area contributed by atoms with E-state index in [4.69, 9.17) is 25.5 Å². The Morgan fingerprint density at radius 2 is 1.97 bits per heavy atom. The molecule has 29 heavy (non-hydrogen) atoms. The summed E-state index contributed by atoms with van der Waals surface area (Å²) >= 11 is 6.51. The maximum atomic E-state index is 13.3. The molecule has 0 bridgehead atoms. The second-order valence-corrected chi connectivity index (χ2v) is 7.39. The van der Waals surface area contributed by atoms with Crippen LogP contribution in [-0.2, 0) is 6.54 Å². The zero-order chi connectivity index (χ0) is 19.8. The Labute approximate surface area is 173 Å². The molecule has 0 saturated heterocycles. The Morgan fingerprint density at radius 1 is 1.10 bits per heavy atom. The minimum Gasteiger partial charge on any atom is -0.489 e. The van der Waals surface area contributed by atoms with E-state index in [9.17, 15) is 4.79 Å². The summed E-state index contributed by atoms with van der Waals surface area (Å²) in [5.74, 6) is 1.76. The van der Waals surface area contributed by atoms with Crippen molar-refractivity contribution in [1.82, 2.24) is 4.90 Å². The Balaban J connectivity index is 1.58. The fraction of sp³-hybridized carbons (Fsp3) is 0.227. The number of furan rings is 1. The summed E-state index contributed by atoms with van der Waals surface area (Å²) in [5.41, 5.74) is 2.21. The minimum atomic E-state index is -0.433. The zero-order valence-corrected chi connectivity index (χ0v) is 16.3. The van der Waals surface area contributed by atoms with Crippen LogP contribution in [0.4, 0.5) is 5.69 Å². The smallest absolute Gasteiger partial charge is 0.258 e.